The van der Waals surface area contributed by atoms with Crippen LogP contribution in [0.3, 0.4) is 0 Å². The Hall–Kier alpha value is -0.520. The van der Waals surface area contributed by atoms with Crippen LogP contribution in [0.4, 0.5) is 0 Å². The smallest absolute Gasteiger partial charge is 0.135 e. The van der Waals surface area contributed by atoms with Crippen LogP contribution < -0.4 is 0 Å². The second kappa shape index (κ2) is 4.77. The third kappa shape index (κ3) is 2.59. The zero-order chi connectivity index (χ0) is 11.7. The lowest BCUT2D eigenvalue weighted by Gasteiger charge is -1.90. The Labute approximate surface area is 110 Å². The fraction of sp³-hybridized carbons (Fsp3) is 0.273. The first-order valence-electron chi connectivity index (χ1n) is 4.76. The highest BCUT2D eigenvalue weighted by atomic mass is 79.9. The van der Waals surface area contributed by atoms with Gasteiger partial charge in [-0.1, -0.05) is 0 Å². The first-order chi connectivity index (χ1) is 7.56. The molecule has 0 fully saturated rings. The summed E-state index contributed by atoms with van der Waals surface area (Å²) in [6.45, 7) is 3.57. The molecule has 0 aliphatic carbocycles. The lowest BCUT2D eigenvalue weighted by Crippen LogP contribution is -1.94. The van der Waals surface area contributed by atoms with Crippen molar-refractivity contribution in [3.05, 3.63) is 26.5 Å². The Morgan fingerprint density at radius 3 is 2.88 bits per heavy atom. The number of ketones is 1. The van der Waals surface area contributed by atoms with Crippen LogP contribution in [0, 0.1) is 6.92 Å². The highest BCUT2D eigenvalue weighted by Crippen LogP contribution is 2.34. The van der Waals surface area contributed by atoms with Crippen molar-refractivity contribution < 1.29 is 4.79 Å². The topological polar surface area (TPSA) is 30.0 Å². The van der Waals surface area contributed by atoms with E-state index >= 15 is 0 Å². The Morgan fingerprint density at radius 1 is 1.56 bits per heavy atom. The van der Waals surface area contributed by atoms with E-state index in [1.165, 1.54) is 0 Å². The molecule has 5 heteroatoms. The van der Waals surface area contributed by atoms with Gasteiger partial charge in [0, 0.05) is 21.2 Å². The Bertz CT molecular complexity index is 530. The summed E-state index contributed by atoms with van der Waals surface area (Å²) in [6.07, 6.45) is 0.496. The fourth-order valence-corrected chi connectivity index (χ4v) is 3.97. The van der Waals surface area contributed by atoms with E-state index < -0.39 is 0 Å². The van der Waals surface area contributed by atoms with Crippen molar-refractivity contribution in [2.24, 2.45) is 0 Å². The molecule has 2 aromatic heterocycles. The molecule has 0 radical (unpaired) electrons. The first kappa shape index (κ1) is 12.0. The van der Waals surface area contributed by atoms with Gasteiger partial charge in [0.2, 0.25) is 0 Å². The van der Waals surface area contributed by atoms with Gasteiger partial charge in [0.05, 0.1) is 10.6 Å². The van der Waals surface area contributed by atoms with Gasteiger partial charge >= 0.3 is 0 Å². The molecule has 2 aromatic rings. The fourth-order valence-electron chi connectivity index (χ4n) is 1.35. The molecular formula is C11H10BrNOS2. The van der Waals surface area contributed by atoms with Crippen LogP contribution in [-0.4, -0.2) is 10.8 Å². The summed E-state index contributed by atoms with van der Waals surface area (Å²) in [5.41, 5.74) is 0.972. The number of hydrogen-bond acceptors (Lipinski definition) is 4. The minimum Gasteiger partial charge on any atom is -0.300 e. The maximum atomic E-state index is 11.1. The van der Waals surface area contributed by atoms with E-state index in [1.807, 2.05) is 12.3 Å². The molecule has 0 saturated carbocycles. The number of carbonyl (C=O) groups excluding carboxylic acids is 1. The number of thiazole rings is 1. The highest BCUT2D eigenvalue weighted by molar-refractivity contribution is 9.10. The third-order valence-corrected chi connectivity index (χ3v) is 5.10. The molecule has 16 heavy (non-hydrogen) atoms. The number of thiophene rings is 1. The molecule has 0 amide bonds. The van der Waals surface area contributed by atoms with Crippen molar-refractivity contribution in [2.45, 2.75) is 20.3 Å². The molecule has 0 spiro atoms. The van der Waals surface area contributed by atoms with Crippen molar-refractivity contribution in [3.63, 3.8) is 0 Å². The lowest BCUT2D eigenvalue weighted by atomic mass is 10.2. The molecule has 0 saturated heterocycles. The Kier molecular flexibility index (Phi) is 3.56. The number of aryl methyl sites for hydroxylation is 1. The summed E-state index contributed by atoms with van der Waals surface area (Å²) in [5.74, 6) is 0.186. The van der Waals surface area contributed by atoms with Gasteiger partial charge in [-0.25, -0.2) is 4.98 Å². The second-order valence-corrected chi connectivity index (χ2v) is 6.45. The summed E-state index contributed by atoms with van der Waals surface area (Å²) in [5, 5.41) is 3.04. The molecule has 0 aliphatic heterocycles. The minimum absolute atomic E-state index is 0.186. The monoisotopic (exact) mass is 315 g/mol. The lowest BCUT2D eigenvalue weighted by molar-refractivity contribution is -0.116. The second-order valence-electron chi connectivity index (χ2n) is 3.54. The van der Waals surface area contributed by atoms with Gasteiger partial charge in [-0.3, -0.25) is 4.79 Å². The van der Waals surface area contributed by atoms with E-state index in [1.54, 1.807) is 29.6 Å². The number of halogens is 1. The van der Waals surface area contributed by atoms with Crippen molar-refractivity contribution in [1.82, 2.24) is 4.98 Å². The van der Waals surface area contributed by atoms with Gasteiger partial charge in [-0.05, 0) is 35.8 Å². The van der Waals surface area contributed by atoms with Crippen LogP contribution in [0.1, 0.15) is 17.5 Å². The van der Waals surface area contributed by atoms with Crippen LogP contribution in [0.15, 0.2) is 15.9 Å². The van der Waals surface area contributed by atoms with Gasteiger partial charge in [-0.15, -0.1) is 22.7 Å². The van der Waals surface area contributed by atoms with Crippen molar-refractivity contribution in [3.8, 4) is 9.88 Å². The maximum Gasteiger partial charge on any atom is 0.135 e. The van der Waals surface area contributed by atoms with Crippen LogP contribution >= 0.6 is 38.6 Å². The predicted octanol–water partition coefficient (Wildman–Crippen LogP) is 4.07. The Morgan fingerprint density at radius 2 is 2.31 bits per heavy atom. The van der Waals surface area contributed by atoms with Gasteiger partial charge < -0.3 is 0 Å². The van der Waals surface area contributed by atoms with Gasteiger partial charge in [0.25, 0.3) is 0 Å². The first-order valence-corrected chi connectivity index (χ1v) is 7.25. The highest BCUT2D eigenvalue weighted by Gasteiger charge is 2.12. The van der Waals surface area contributed by atoms with E-state index in [-0.39, 0.29) is 5.78 Å². The van der Waals surface area contributed by atoms with Gasteiger partial charge in [-0.2, -0.15) is 0 Å². The van der Waals surface area contributed by atoms with Crippen LogP contribution in [-0.2, 0) is 11.2 Å². The molecule has 84 valence electrons. The third-order valence-electron chi connectivity index (χ3n) is 2.08. The minimum atomic E-state index is 0.186. The number of carbonyl (C=O) groups is 1. The SMILES string of the molecule is CC(=O)Cc1sc(-c2cc(Br)cs2)nc1C. The maximum absolute atomic E-state index is 11.1. The molecule has 0 N–H and O–H groups in total. The average Bonchev–Trinajstić information content (AvgIpc) is 2.74. The standard InChI is InChI=1S/C11H10BrNOS2/c1-6(14)3-9-7(2)13-11(16-9)10-4-8(12)5-15-10/h4-5H,3H2,1-2H3. The van der Waals surface area contributed by atoms with E-state index in [0.717, 1.165) is 24.9 Å². The van der Waals surface area contributed by atoms with E-state index in [4.69, 9.17) is 0 Å². The quantitative estimate of drug-likeness (QED) is 0.854. The van der Waals surface area contributed by atoms with E-state index in [0.29, 0.717) is 6.42 Å². The van der Waals surface area contributed by atoms with Crippen molar-refractivity contribution in [2.75, 3.05) is 0 Å². The summed E-state index contributed by atoms with van der Waals surface area (Å²) < 4.78 is 1.08. The normalized spacial score (nSPS) is 10.7. The molecule has 2 rings (SSSR count). The average molecular weight is 316 g/mol. The molecule has 0 aromatic carbocycles. The molecule has 2 heterocycles. The molecule has 0 aliphatic rings. The van der Waals surface area contributed by atoms with Crippen molar-refractivity contribution in [1.29, 1.82) is 0 Å². The molecule has 0 atom stereocenters. The molecule has 0 unspecified atom stereocenters. The number of Topliss-reactive ketones (excluding diaryl/α,β-unsaturated/α-hetero) is 1. The van der Waals surface area contributed by atoms with Crippen LogP contribution in [0.25, 0.3) is 9.88 Å². The van der Waals surface area contributed by atoms with Crippen molar-refractivity contribution >= 4 is 44.4 Å². The zero-order valence-corrected chi connectivity index (χ0v) is 12.1. The predicted molar refractivity (Wildman–Crippen MR) is 72.2 cm³/mol. The van der Waals surface area contributed by atoms with E-state index in [2.05, 4.69) is 27.0 Å². The summed E-state index contributed by atoms with van der Waals surface area (Å²) >= 11 is 6.70. The van der Waals surface area contributed by atoms with Gasteiger partial charge in [0.15, 0.2) is 0 Å². The molecular weight excluding hydrogens is 306 g/mol. The number of aromatic nitrogens is 1. The largest absolute Gasteiger partial charge is 0.300 e. The van der Waals surface area contributed by atoms with Crippen LogP contribution in [0.2, 0.25) is 0 Å². The molecule has 0 bridgehead atoms. The number of rotatable bonds is 3. The number of nitrogens with zero attached hydrogens (tertiary/aromatic N) is 1. The zero-order valence-electron chi connectivity index (χ0n) is 8.91. The summed E-state index contributed by atoms with van der Waals surface area (Å²) in [7, 11) is 0. The van der Waals surface area contributed by atoms with E-state index in [9.17, 15) is 4.79 Å². The van der Waals surface area contributed by atoms with Crippen LogP contribution in [0.5, 0.6) is 0 Å². The molecule has 2 nitrogen and oxygen atoms in total. The number of hydrogen-bond donors (Lipinski definition) is 0. The summed E-state index contributed by atoms with van der Waals surface area (Å²) in [6, 6.07) is 2.06. The summed E-state index contributed by atoms with van der Waals surface area (Å²) in [4.78, 5) is 17.8. The van der Waals surface area contributed by atoms with Gasteiger partial charge in [0.1, 0.15) is 10.8 Å². The Balaban J connectivity index is 2.33.